The molecule has 0 aliphatic carbocycles. The van der Waals surface area contributed by atoms with E-state index in [1.165, 1.54) is 0 Å². The zero-order valence-electron chi connectivity index (χ0n) is 12.2. The average molecular weight is 277 g/mol. The number of ether oxygens (including phenoxy) is 1. The molecule has 0 bridgehead atoms. The number of hydrogen-bond donors (Lipinski definition) is 0. The first-order valence-electron chi connectivity index (χ1n) is 7.11. The van der Waals surface area contributed by atoms with Crippen molar-refractivity contribution < 1.29 is 14.3 Å². The Morgan fingerprint density at radius 2 is 2.00 bits per heavy atom. The van der Waals surface area contributed by atoms with Crippen LogP contribution in [0.3, 0.4) is 0 Å². The molecule has 110 valence electrons. The third-order valence-electron chi connectivity index (χ3n) is 3.21. The zero-order valence-corrected chi connectivity index (χ0v) is 12.2. The van der Waals surface area contributed by atoms with Crippen LogP contribution in [0.15, 0.2) is 30.3 Å². The molecule has 0 radical (unpaired) electrons. The summed E-state index contributed by atoms with van der Waals surface area (Å²) in [6.45, 7) is 5.21. The van der Waals surface area contributed by atoms with Gasteiger partial charge in [0, 0.05) is 19.5 Å². The predicted octanol–water partition coefficient (Wildman–Crippen LogP) is 2.94. The van der Waals surface area contributed by atoms with E-state index in [1.807, 2.05) is 44.2 Å². The number of rotatable bonds is 9. The number of carbonyl (C=O) groups excluding carboxylic acids is 2. The smallest absolute Gasteiger partial charge is 0.306 e. The lowest BCUT2D eigenvalue weighted by Crippen LogP contribution is -2.22. The maximum atomic E-state index is 11.7. The number of benzene rings is 1. The number of nitrogens with zero attached hydrogens (tertiary/aromatic N) is 1. The Labute approximate surface area is 120 Å². The number of esters is 1. The van der Waals surface area contributed by atoms with Gasteiger partial charge in [-0.2, -0.15) is 0 Å². The van der Waals surface area contributed by atoms with Crippen LogP contribution in [0.4, 0.5) is 0 Å². The molecule has 1 amide bonds. The zero-order chi connectivity index (χ0) is 14.8. The van der Waals surface area contributed by atoms with Crippen LogP contribution in [0.25, 0.3) is 0 Å². The molecule has 0 saturated heterocycles. The maximum Gasteiger partial charge on any atom is 0.306 e. The Kier molecular flexibility index (Phi) is 7.40. The third kappa shape index (κ3) is 5.87. The average Bonchev–Trinajstić information content (AvgIpc) is 2.48. The first kappa shape index (κ1) is 16.2. The molecule has 0 N–H and O–H groups in total. The summed E-state index contributed by atoms with van der Waals surface area (Å²) >= 11 is 0. The first-order valence-corrected chi connectivity index (χ1v) is 7.11. The highest BCUT2D eigenvalue weighted by Crippen LogP contribution is 2.17. The van der Waals surface area contributed by atoms with Gasteiger partial charge in [-0.1, -0.05) is 30.3 Å². The van der Waals surface area contributed by atoms with Crippen molar-refractivity contribution in [2.45, 2.75) is 39.2 Å². The van der Waals surface area contributed by atoms with E-state index in [0.717, 1.165) is 24.8 Å². The predicted molar refractivity (Wildman–Crippen MR) is 78.1 cm³/mol. The van der Waals surface area contributed by atoms with Gasteiger partial charge in [-0.05, 0) is 32.3 Å². The van der Waals surface area contributed by atoms with Crippen molar-refractivity contribution in [1.82, 2.24) is 4.90 Å². The molecule has 1 unspecified atom stereocenters. The summed E-state index contributed by atoms with van der Waals surface area (Å²) in [4.78, 5) is 24.0. The first-order chi connectivity index (χ1) is 9.67. The molecule has 4 nitrogen and oxygen atoms in total. The van der Waals surface area contributed by atoms with Gasteiger partial charge in [0.05, 0.1) is 0 Å². The Morgan fingerprint density at radius 1 is 1.30 bits per heavy atom. The van der Waals surface area contributed by atoms with Crippen LogP contribution in [-0.2, 0) is 14.3 Å². The Morgan fingerprint density at radius 3 is 2.60 bits per heavy atom. The minimum absolute atomic E-state index is 0.185. The van der Waals surface area contributed by atoms with Gasteiger partial charge < -0.3 is 9.64 Å². The molecular formula is C16H23NO3. The number of hydrogen-bond acceptors (Lipinski definition) is 3. The second-order valence-corrected chi connectivity index (χ2v) is 4.73. The van der Waals surface area contributed by atoms with Gasteiger partial charge >= 0.3 is 5.97 Å². The summed E-state index contributed by atoms with van der Waals surface area (Å²) in [6, 6.07) is 9.68. The summed E-state index contributed by atoms with van der Waals surface area (Å²) in [5.74, 6) is -0.185. The fourth-order valence-electron chi connectivity index (χ4n) is 1.92. The molecule has 0 saturated carbocycles. The summed E-state index contributed by atoms with van der Waals surface area (Å²) in [6.07, 6.45) is 2.58. The van der Waals surface area contributed by atoms with Gasteiger partial charge in [0.1, 0.15) is 6.10 Å². The number of unbranched alkanes of at least 4 members (excludes halogenated alkanes) is 1. The van der Waals surface area contributed by atoms with Crippen LogP contribution < -0.4 is 0 Å². The molecule has 4 heteroatoms. The van der Waals surface area contributed by atoms with Gasteiger partial charge in [-0.3, -0.25) is 9.59 Å². The highest BCUT2D eigenvalue weighted by Gasteiger charge is 2.11. The quantitative estimate of drug-likeness (QED) is 0.396. The van der Waals surface area contributed by atoms with Gasteiger partial charge in [-0.25, -0.2) is 0 Å². The van der Waals surface area contributed by atoms with E-state index in [0.29, 0.717) is 19.5 Å². The summed E-state index contributed by atoms with van der Waals surface area (Å²) in [5, 5.41) is 0. The lowest BCUT2D eigenvalue weighted by Gasteiger charge is -2.15. The Hall–Kier alpha value is -1.84. The Balaban J connectivity index is 2.22. The molecule has 0 aliphatic rings. The van der Waals surface area contributed by atoms with E-state index in [2.05, 4.69) is 0 Å². The van der Waals surface area contributed by atoms with E-state index in [9.17, 15) is 9.59 Å². The van der Waals surface area contributed by atoms with Crippen molar-refractivity contribution in [2.24, 2.45) is 0 Å². The van der Waals surface area contributed by atoms with Crippen molar-refractivity contribution in [3.05, 3.63) is 35.9 Å². The molecule has 20 heavy (non-hydrogen) atoms. The van der Waals surface area contributed by atoms with Crippen LogP contribution >= 0.6 is 0 Å². The van der Waals surface area contributed by atoms with E-state index < -0.39 is 0 Å². The van der Waals surface area contributed by atoms with Crippen molar-refractivity contribution >= 4 is 12.4 Å². The topological polar surface area (TPSA) is 46.6 Å². The molecule has 1 rings (SSSR count). The molecule has 1 aromatic carbocycles. The molecule has 0 fully saturated rings. The van der Waals surface area contributed by atoms with Crippen LogP contribution in [0.2, 0.25) is 0 Å². The minimum atomic E-state index is -0.217. The molecule has 1 atom stereocenters. The van der Waals surface area contributed by atoms with Crippen molar-refractivity contribution in [2.75, 3.05) is 13.1 Å². The van der Waals surface area contributed by atoms with E-state index in [-0.39, 0.29) is 12.1 Å². The fourth-order valence-corrected chi connectivity index (χ4v) is 1.92. The van der Waals surface area contributed by atoms with Gasteiger partial charge in [0.2, 0.25) is 6.41 Å². The number of amides is 1. The standard InChI is InChI=1S/C16H23NO3/c1-3-17(13-18)12-8-7-11-16(19)20-14(2)15-9-5-4-6-10-15/h4-6,9-10,13-14H,3,7-8,11-12H2,1-2H3. The van der Waals surface area contributed by atoms with Crippen LogP contribution in [-0.4, -0.2) is 30.4 Å². The van der Waals surface area contributed by atoms with Crippen molar-refractivity contribution in [3.63, 3.8) is 0 Å². The van der Waals surface area contributed by atoms with Crippen LogP contribution in [0.1, 0.15) is 44.8 Å². The van der Waals surface area contributed by atoms with Gasteiger partial charge in [-0.15, -0.1) is 0 Å². The van der Waals surface area contributed by atoms with Crippen molar-refractivity contribution in [1.29, 1.82) is 0 Å². The fraction of sp³-hybridized carbons (Fsp3) is 0.500. The maximum absolute atomic E-state index is 11.7. The van der Waals surface area contributed by atoms with E-state index in [4.69, 9.17) is 4.74 Å². The van der Waals surface area contributed by atoms with E-state index >= 15 is 0 Å². The Bertz CT molecular complexity index is 405. The highest BCUT2D eigenvalue weighted by molar-refractivity contribution is 5.69. The third-order valence-corrected chi connectivity index (χ3v) is 3.21. The SMILES string of the molecule is CCN(C=O)CCCCC(=O)OC(C)c1ccccc1. The van der Waals surface area contributed by atoms with Gasteiger partial charge in [0.25, 0.3) is 0 Å². The molecular weight excluding hydrogens is 254 g/mol. The summed E-state index contributed by atoms with van der Waals surface area (Å²) < 4.78 is 5.37. The molecule has 1 aromatic rings. The van der Waals surface area contributed by atoms with E-state index in [1.54, 1.807) is 4.90 Å². The minimum Gasteiger partial charge on any atom is -0.458 e. The molecule has 0 aromatic heterocycles. The normalized spacial score (nSPS) is 11.7. The molecule has 0 aliphatic heterocycles. The number of carbonyl (C=O) groups is 2. The van der Waals surface area contributed by atoms with Gasteiger partial charge in [0.15, 0.2) is 0 Å². The van der Waals surface area contributed by atoms with Crippen LogP contribution in [0, 0.1) is 0 Å². The van der Waals surface area contributed by atoms with Crippen molar-refractivity contribution in [3.8, 4) is 0 Å². The lowest BCUT2D eigenvalue weighted by atomic mass is 10.1. The molecule has 0 heterocycles. The highest BCUT2D eigenvalue weighted by atomic mass is 16.5. The lowest BCUT2D eigenvalue weighted by molar-refractivity contribution is -0.148. The second kappa shape index (κ2) is 9.13. The van der Waals surface area contributed by atoms with Crippen LogP contribution in [0.5, 0.6) is 0 Å². The summed E-state index contributed by atoms with van der Waals surface area (Å²) in [5.41, 5.74) is 0.999. The monoisotopic (exact) mass is 277 g/mol. The molecule has 0 spiro atoms. The summed E-state index contributed by atoms with van der Waals surface area (Å²) in [7, 11) is 0. The largest absolute Gasteiger partial charge is 0.458 e. The second-order valence-electron chi connectivity index (χ2n) is 4.73.